The van der Waals surface area contributed by atoms with Crippen LogP contribution in [0.15, 0.2) is 5.38 Å². The zero-order chi connectivity index (χ0) is 16.2. The van der Waals surface area contributed by atoms with Crippen LogP contribution in [-0.4, -0.2) is 23.2 Å². The Morgan fingerprint density at radius 2 is 2.05 bits per heavy atom. The standard InChI is InChI=1S/C15H21N3O2S/c1-9(2)11-8-21-13(18-11)10(6-16)12(19)7-17-14(20)15(3,4)5/h8-10H,7H2,1-5H3,(H,17,20). The molecule has 1 N–H and O–H groups in total. The number of nitrogens with one attached hydrogen (secondary N) is 1. The molecule has 0 saturated heterocycles. The van der Waals surface area contributed by atoms with E-state index in [0.717, 1.165) is 5.69 Å². The maximum atomic E-state index is 12.1. The molecule has 1 aromatic heterocycles. The van der Waals surface area contributed by atoms with Crippen LogP contribution >= 0.6 is 11.3 Å². The van der Waals surface area contributed by atoms with E-state index in [-0.39, 0.29) is 24.2 Å². The first-order valence-corrected chi connectivity index (χ1v) is 7.70. The van der Waals surface area contributed by atoms with Crippen LogP contribution in [0.3, 0.4) is 0 Å². The van der Waals surface area contributed by atoms with E-state index in [2.05, 4.69) is 10.3 Å². The molecule has 0 aromatic carbocycles. The topological polar surface area (TPSA) is 82.9 Å². The minimum absolute atomic E-state index is 0.148. The van der Waals surface area contributed by atoms with Crippen LogP contribution in [0.5, 0.6) is 0 Å². The lowest BCUT2D eigenvalue weighted by molar-refractivity contribution is -0.130. The zero-order valence-corrected chi connectivity index (χ0v) is 13.9. The molecule has 0 fully saturated rings. The fourth-order valence-electron chi connectivity index (χ4n) is 1.50. The lowest BCUT2D eigenvalue weighted by Crippen LogP contribution is -2.39. The Labute approximate surface area is 129 Å². The number of hydrogen-bond acceptors (Lipinski definition) is 5. The number of thiazole rings is 1. The quantitative estimate of drug-likeness (QED) is 0.906. The van der Waals surface area contributed by atoms with E-state index in [0.29, 0.717) is 5.01 Å². The number of rotatable bonds is 5. The van der Waals surface area contributed by atoms with E-state index < -0.39 is 11.3 Å². The fraction of sp³-hybridized carbons (Fsp3) is 0.600. The Kier molecular flexibility index (Phi) is 5.62. The van der Waals surface area contributed by atoms with Crippen molar-refractivity contribution >= 4 is 23.0 Å². The highest BCUT2D eigenvalue weighted by atomic mass is 32.1. The second kappa shape index (κ2) is 6.81. The Bertz CT molecular complexity index is 564. The molecule has 6 heteroatoms. The second-order valence-corrected chi connectivity index (χ2v) is 7.12. The molecule has 1 heterocycles. The fourth-order valence-corrected chi connectivity index (χ4v) is 2.54. The highest BCUT2D eigenvalue weighted by Crippen LogP contribution is 2.24. The highest BCUT2D eigenvalue weighted by Gasteiger charge is 2.26. The number of nitriles is 1. The summed E-state index contributed by atoms with van der Waals surface area (Å²) in [6.07, 6.45) is 0. The minimum Gasteiger partial charge on any atom is -0.349 e. The molecule has 0 aliphatic carbocycles. The molecule has 1 amide bonds. The summed E-state index contributed by atoms with van der Waals surface area (Å²) in [6, 6.07) is 1.98. The summed E-state index contributed by atoms with van der Waals surface area (Å²) in [5.41, 5.74) is 0.316. The smallest absolute Gasteiger partial charge is 0.225 e. The molecule has 1 rings (SSSR count). The molecule has 21 heavy (non-hydrogen) atoms. The number of carbonyl (C=O) groups is 2. The van der Waals surface area contributed by atoms with Crippen molar-refractivity contribution in [1.82, 2.24) is 10.3 Å². The van der Waals surface area contributed by atoms with Crippen LogP contribution in [0.2, 0.25) is 0 Å². The summed E-state index contributed by atoms with van der Waals surface area (Å²) in [5.74, 6) is -1.21. The van der Waals surface area contributed by atoms with Gasteiger partial charge in [0, 0.05) is 10.8 Å². The third-order valence-electron chi connectivity index (χ3n) is 2.93. The predicted octanol–water partition coefficient (Wildman–Crippen LogP) is 2.61. The van der Waals surface area contributed by atoms with Gasteiger partial charge in [-0.15, -0.1) is 11.3 Å². The van der Waals surface area contributed by atoms with Crippen molar-refractivity contribution in [3.05, 3.63) is 16.1 Å². The molecule has 114 valence electrons. The number of Topliss-reactive ketones (excluding diaryl/α,β-unsaturated/α-hetero) is 1. The predicted molar refractivity (Wildman–Crippen MR) is 82.0 cm³/mol. The number of amides is 1. The van der Waals surface area contributed by atoms with Crippen LogP contribution in [0.25, 0.3) is 0 Å². The normalized spacial score (nSPS) is 12.8. The molecular weight excluding hydrogens is 286 g/mol. The number of carbonyl (C=O) groups excluding carboxylic acids is 2. The van der Waals surface area contributed by atoms with E-state index in [4.69, 9.17) is 0 Å². The molecule has 0 aliphatic heterocycles. The molecule has 0 saturated carbocycles. The highest BCUT2D eigenvalue weighted by molar-refractivity contribution is 7.10. The van der Waals surface area contributed by atoms with Gasteiger partial charge in [0.15, 0.2) is 11.7 Å². The Balaban J connectivity index is 2.74. The summed E-state index contributed by atoms with van der Waals surface area (Å²) >= 11 is 1.31. The largest absolute Gasteiger partial charge is 0.349 e. The van der Waals surface area contributed by atoms with E-state index in [1.165, 1.54) is 11.3 Å². The summed E-state index contributed by atoms with van der Waals surface area (Å²) in [6.45, 7) is 9.17. The van der Waals surface area contributed by atoms with Gasteiger partial charge in [0.1, 0.15) is 5.01 Å². The van der Waals surface area contributed by atoms with Gasteiger partial charge in [-0.1, -0.05) is 34.6 Å². The first-order chi connectivity index (χ1) is 9.66. The lowest BCUT2D eigenvalue weighted by Gasteiger charge is -2.17. The summed E-state index contributed by atoms with van der Waals surface area (Å²) < 4.78 is 0. The molecular formula is C15H21N3O2S. The monoisotopic (exact) mass is 307 g/mol. The van der Waals surface area contributed by atoms with E-state index in [9.17, 15) is 14.9 Å². The molecule has 1 aromatic rings. The molecule has 5 nitrogen and oxygen atoms in total. The van der Waals surface area contributed by atoms with Crippen molar-refractivity contribution in [3.8, 4) is 6.07 Å². The van der Waals surface area contributed by atoms with Gasteiger partial charge < -0.3 is 5.32 Å². The van der Waals surface area contributed by atoms with Crippen molar-refractivity contribution in [2.24, 2.45) is 5.41 Å². The molecule has 0 aliphatic rings. The SMILES string of the molecule is CC(C)c1csc(C(C#N)C(=O)CNC(=O)C(C)(C)C)n1. The molecule has 0 bridgehead atoms. The van der Waals surface area contributed by atoms with Crippen LogP contribution < -0.4 is 5.32 Å². The van der Waals surface area contributed by atoms with Gasteiger partial charge in [0.05, 0.1) is 18.3 Å². The van der Waals surface area contributed by atoms with Gasteiger partial charge in [-0.2, -0.15) is 5.26 Å². The van der Waals surface area contributed by atoms with Crippen molar-refractivity contribution in [2.75, 3.05) is 6.54 Å². The van der Waals surface area contributed by atoms with Gasteiger partial charge >= 0.3 is 0 Å². The summed E-state index contributed by atoms with van der Waals surface area (Å²) in [5, 5.41) is 14.1. The molecule has 0 spiro atoms. The number of hydrogen-bond donors (Lipinski definition) is 1. The number of nitrogens with zero attached hydrogens (tertiary/aromatic N) is 2. The van der Waals surface area contributed by atoms with Crippen LogP contribution in [0.1, 0.15) is 57.2 Å². The van der Waals surface area contributed by atoms with Crippen molar-refractivity contribution in [2.45, 2.75) is 46.5 Å². The Morgan fingerprint density at radius 1 is 1.43 bits per heavy atom. The lowest BCUT2D eigenvalue weighted by atomic mass is 9.95. The molecule has 1 atom stereocenters. The number of aromatic nitrogens is 1. The van der Waals surface area contributed by atoms with Gasteiger partial charge in [-0.05, 0) is 5.92 Å². The van der Waals surface area contributed by atoms with Gasteiger partial charge in [0.2, 0.25) is 5.91 Å². The molecule has 0 radical (unpaired) electrons. The van der Waals surface area contributed by atoms with E-state index in [1.54, 1.807) is 20.8 Å². The third kappa shape index (κ3) is 4.64. The van der Waals surface area contributed by atoms with Crippen LogP contribution in [0.4, 0.5) is 0 Å². The number of ketones is 1. The maximum Gasteiger partial charge on any atom is 0.225 e. The summed E-state index contributed by atoms with van der Waals surface area (Å²) in [4.78, 5) is 28.2. The second-order valence-electron chi connectivity index (χ2n) is 6.23. The average molecular weight is 307 g/mol. The van der Waals surface area contributed by atoms with E-state index in [1.807, 2.05) is 25.3 Å². The van der Waals surface area contributed by atoms with Gasteiger partial charge in [0.25, 0.3) is 0 Å². The van der Waals surface area contributed by atoms with Crippen molar-refractivity contribution in [1.29, 1.82) is 5.26 Å². The van der Waals surface area contributed by atoms with Crippen molar-refractivity contribution < 1.29 is 9.59 Å². The average Bonchev–Trinajstić information content (AvgIpc) is 2.85. The first kappa shape index (κ1) is 17.3. The van der Waals surface area contributed by atoms with E-state index >= 15 is 0 Å². The van der Waals surface area contributed by atoms with Crippen LogP contribution in [0, 0.1) is 16.7 Å². The van der Waals surface area contributed by atoms with Gasteiger partial charge in [-0.3, -0.25) is 9.59 Å². The van der Waals surface area contributed by atoms with Gasteiger partial charge in [-0.25, -0.2) is 4.98 Å². The molecule has 1 unspecified atom stereocenters. The summed E-state index contributed by atoms with van der Waals surface area (Å²) in [7, 11) is 0. The Morgan fingerprint density at radius 3 is 2.48 bits per heavy atom. The Hall–Kier alpha value is -1.74. The first-order valence-electron chi connectivity index (χ1n) is 6.82. The minimum atomic E-state index is -0.914. The van der Waals surface area contributed by atoms with Crippen LogP contribution in [-0.2, 0) is 9.59 Å². The van der Waals surface area contributed by atoms with Crippen molar-refractivity contribution in [3.63, 3.8) is 0 Å². The maximum absolute atomic E-state index is 12.1. The third-order valence-corrected chi connectivity index (χ3v) is 3.86. The zero-order valence-electron chi connectivity index (χ0n) is 13.1.